The SMILES string of the molecule is COC1([C@H]2C[C@@H]3CC[C@@]2(C)C3(C)C)CCCC(=O)C1. The number of hydrogen-bond acceptors (Lipinski definition) is 2. The van der Waals surface area contributed by atoms with Crippen LogP contribution in [0.1, 0.15) is 65.7 Å². The molecule has 3 aliphatic rings. The summed E-state index contributed by atoms with van der Waals surface area (Å²) in [6.45, 7) is 7.35. The molecule has 3 saturated carbocycles. The van der Waals surface area contributed by atoms with Crippen LogP contribution in [0.15, 0.2) is 0 Å². The predicted octanol–water partition coefficient (Wildman–Crippen LogP) is 3.98. The highest BCUT2D eigenvalue weighted by Gasteiger charge is 2.66. The minimum atomic E-state index is -0.156. The Labute approximate surface area is 117 Å². The van der Waals surface area contributed by atoms with Gasteiger partial charge in [-0.1, -0.05) is 20.8 Å². The first-order valence-corrected chi connectivity index (χ1v) is 7.93. The van der Waals surface area contributed by atoms with E-state index in [0.717, 1.165) is 25.2 Å². The first-order valence-electron chi connectivity index (χ1n) is 7.93. The molecule has 2 nitrogen and oxygen atoms in total. The number of ether oxygens (including phenoxy) is 1. The van der Waals surface area contributed by atoms with Crippen molar-refractivity contribution in [1.82, 2.24) is 0 Å². The summed E-state index contributed by atoms with van der Waals surface area (Å²) in [5.41, 5.74) is 0.603. The van der Waals surface area contributed by atoms with Crippen molar-refractivity contribution in [2.24, 2.45) is 22.7 Å². The summed E-state index contributed by atoms with van der Waals surface area (Å²) in [7, 11) is 1.83. The molecule has 0 N–H and O–H groups in total. The Morgan fingerprint density at radius 2 is 1.95 bits per heavy atom. The monoisotopic (exact) mass is 264 g/mol. The van der Waals surface area contributed by atoms with E-state index in [1.165, 1.54) is 19.3 Å². The molecule has 3 aliphatic carbocycles. The van der Waals surface area contributed by atoms with Gasteiger partial charge in [-0.05, 0) is 54.8 Å². The number of Topliss-reactive ketones (excluding diaryl/α,β-unsaturated/α-hetero) is 1. The zero-order chi connectivity index (χ0) is 13.9. The van der Waals surface area contributed by atoms with Gasteiger partial charge in [-0.15, -0.1) is 0 Å². The van der Waals surface area contributed by atoms with Crippen LogP contribution < -0.4 is 0 Å². The van der Waals surface area contributed by atoms with Crippen LogP contribution in [-0.2, 0) is 9.53 Å². The lowest BCUT2D eigenvalue weighted by atomic mass is 9.59. The largest absolute Gasteiger partial charge is 0.377 e. The average Bonchev–Trinajstić information content (AvgIpc) is 2.71. The fourth-order valence-electron chi connectivity index (χ4n) is 5.71. The Bertz CT molecular complexity index is 400. The zero-order valence-corrected chi connectivity index (χ0v) is 12.9. The van der Waals surface area contributed by atoms with Crippen LogP contribution in [0, 0.1) is 22.7 Å². The van der Waals surface area contributed by atoms with Crippen molar-refractivity contribution in [3.05, 3.63) is 0 Å². The molecule has 3 rings (SSSR count). The maximum atomic E-state index is 12.0. The van der Waals surface area contributed by atoms with Gasteiger partial charge in [0.2, 0.25) is 0 Å². The molecule has 0 aliphatic heterocycles. The second-order valence-electron chi connectivity index (χ2n) is 8.00. The summed E-state index contributed by atoms with van der Waals surface area (Å²) in [6, 6.07) is 0. The Morgan fingerprint density at radius 3 is 2.42 bits per heavy atom. The van der Waals surface area contributed by atoms with E-state index in [0.29, 0.717) is 29.0 Å². The second kappa shape index (κ2) is 4.07. The van der Waals surface area contributed by atoms with E-state index in [-0.39, 0.29) is 5.60 Å². The van der Waals surface area contributed by atoms with Crippen molar-refractivity contribution in [2.75, 3.05) is 7.11 Å². The Hall–Kier alpha value is -0.370. The van der Waals surface area contributed by atoms with E-state index in [1.54, 1.807) is 0 Å². The lowest BCUT2D eigenvalue weighted by molar-refractivity contribution is -0.149. The van der Waals surface area contributed by atoms with Gasteiger partial charge in [0.05, 0.1) is 5.60 Å². The topological polar surface area (TPSA) is 26.3 Å². The number of ketones is 1. The molecule has 2 bridgehead atoms. The maximum Gasteiger partial charge on any atom is 0.135 e. The third-order valence-corrected chi connectivity index (χ3v) is 7.39. The van der Waals surface area contributed by atoms with E-state index in [9.17, 15) is 4.79 Å². The molecule has 0 amide bonds. The van der Waals surface area contributed by atoms with E-state index in [4.69, 9.17) is 4.74 Å². The highest BCUT2D eigenvalue weighted by molar-refractivity contribution is 5.80. The van der Waals surface area contributed by atoms with Gasteiger partial charge < -0.3 is 4.74 Å². The van der Waals surface area contributed by atoms with E-state index in [1.807, 2.05) is 7.11 Å². The smallest absolute Gasteiger partial charge is 0.135 e. The summed E-state index contributed by atoms with van der Waals surface area (Å²) >= 11 is 0. The molecule has 4 atom stereocenters. The maximum absolute atomic E-state index is 12.0. The third kappa shape index (κ3) is 1.62. The number of carbonyl (C=O) groups is 1. The van der Waals surface area contributed by atoms with Gasteiger partial charge in [0.25, 0.3) is 0 Å². The molecule has 0 aromatic rings. The standard InChI is InChI=1S/C17H28O2/c1-15(2)12-7-9-16(15,3)14(10-12)17(19-4)8-5-6-13(18)11-17/h12,14H,5-11H2,1-4H3/t12-,14-,16+,17?/m0/s1. The molecule has 0 aromatic heterocycles. The van der Waals surface area contributed by atoms with Crippen LogP contribution in [-0.4, -0.2) is 18.5 Å². The molecule has 0 aromatic carbocycles. The highest BCUT2D eigenvalue weighted by atomic mass is 16.5. The zero-order valence-electron chi connectivity index (χ0n) is 12.9. The van der Waals surface area contributed by atoms with Crippen molar-refractivity contribution in [1.29, 1.82) is 0 Å². The van der Waals surface area contributed by atoms with E-state index < -0.39 is 0 Å². The Kier molecular flexibility index (Phi) is 2.91. The van der Waals surface area contributed by atoms with E-state index >= 15 is 0 Å². The van der Waals surface area contributed by atoms with Crippen LogP contribution in [0.3, 0.4) is 0 Å². The van der Waals surface area contributed by atoms with Gasteiger partial charge in [0.1, 0.15) is 5.78 Å². The number of hydrogen-bond donors (Lipinski definition) is 0. The van der Waals surface area contributed by atoms with Crippen LogP contribution in [0.4, 0.5) is 0 Å². The molecule has 19 heavy (non-hydrogen) atoms. The Balaban J connectivity index is 1.96. The third-order valence-electron chi connectivity index (χ3n) is 7.39. The highest BCUT2D eigenvalue weighted by Crippen LogP contribution is 2.71. The molecule has 108 valence electrons. The number of carbonyl (C=O) groups excluding carboxylic acids is 1. The van der Waals surface area contributed by atoms with Gasteiger partial charge in [0.15, 0.2) is 0 Å². The average molecular weight is 264 g/mol. The van der Waals surface area contributed by atoms with Crippen LogP contribution in [0.2, 0.25) is 0 Å². The lowest BCUT2D eigenvalue weighted by Gasteiger charge is -2.50. The first-order chi connectivity index (χ1) is 8.86. The van der Waals surface area contributed by atoms with Crippen molar-refractivity contribution >= 4 is 5.78 Å². The molecule has 1 unspecified atom stereocenters. The van der Waals surface area contributed by atoms with Crippen LogP contribution >= 0.6 is 0 Å². The van der Waals surface area contributed by atoms with E-state index in [2.05, 4.69) is 20.8 Å². The number of rotatable bonds is 2. The molecule has 3 fully saturated rings. The fraction of sp³-hybridized carbons (Fsp3) is 0.941. The molecular weight excluding hydrogens is 236 g/mol. The number of methoxy groups -OCH3 is 1. The molecule has 0 heterocycles. The Morgan fingerprint density at radius 1 is 1.21 bits per heavy atom. The van der Waals surface area contributed by atoms with Crippen molar-refractivity contribution in [2.45, 2.75) is 71.3 Å². The molecule has 2 heteroatoms. The predicted molar refractivity (Wildman–Crippen MR) is 75.9 cm³/mol. The summed E-state index contributed by atoms with van der Waals surface area (Å²) in [5.74, 6) is 1.81. The number of fused-ring (bicyclic) bond motifs is 2. The van der Waals surface area contributed by atoms with Crippen molar-refractivity contribution in [3.63, 3.8) is 0 Å². The van der Waals surface area contributed by atoms with Crippen molar-refractivity contribution < 1.29 is 9.53 Å². The van der Waals surface area contributed by atoms with Gasteiger partial charge in [0, 0.05) is 20.0 Å². The normalized spacial score (nSPS) is 48.7. The lowest BCUT2D eigenvalue weighted by Crippen LogP contribution is -2.51. The van der Waals surface area contributed by atoms with Gasteiger partial charge in [-0.3, -0.25) is 4.79 Å². The minimum Gasteiger partial charge on any atom is -0.377 e. The molecule has 0 spiro atoms. The fourth-order valence-corrected chi connectivity index (χ4v) is 5.71. The summed E-state index contributed by atoms with van der Waals surface area (Å²) in [4.78, 5) is 12.0. The first kappa shape index (κ1) is 13.6. The van der Waals surface area contributed by atoms with Crippen LogP contribution in [0.25, 0.3) is 0 Å². The summed E-state index contributed by atoms with van der Waals surface area (Å²) < 4.78 is 6.02. The summed E-state index contributed by atoms with van der Waals surface area (Å²) in [5, 5.41) is 0. The second-order valence-corrected chi connectivity index (χ2v) is 8.00. The van der Waals surface area contributed by atoms with Crippen LogP contribution in [0.5, 0.6) is 0 Å². The van der Waals surface area contributed by atoms with Gasteiger partial charge in [-0.2, -0.15) is 0 Å². The van der Waals surface area contributed by atoms with Crippen molar-refractivity contribution in [3.8, 4) is 0 Å². The molecular formula is C17H28O2. The van der Waals surface area contributed by atoms with Gasteiger partial charge >= 0.3 is 0 Å². The summed E-state index contributed by atoms with van der Waals surface area (Å²) in [6.07, 6.45) is 7.48. The molecule has 0 saturated heterocycles. The quantitative estimate of drug-likeness (QED) is 0.754. The molecule has 0 radical (unpaired) electrons. The van der Waals surface area contributed by atoms with Gasteiger partial charge in [-0.25, -0.2) is 0 Å². The minimum absolute atomic E-state index is 0.156.